The summed E-state index contributed by atoms with van der Waals surface area (Å²) in [5.74, 6) is 1.95. The molecule has 0 saturated carbocycles. The van der Waals surface area contributed by atoms with Crippen LogP contribution in [-0.4, -0.2) is 22.6 Å². The SMILES string of the molecule is c1ccc2c(c1)Oc1c3c(c4c5c1-n1c6ccccc6c6cccc(c61)B5c1ccccc1S4)-n1c4ccccc4c4cccc(c41)B23. The third kappa shape index (κ3) is 2.63. The number of aromatic nitrogens is 2. The summed E-state index contributed by atoms with van der Waals surface area (Å²) in [5, 5.41) is 5.18. The summed E-state index contributed by atoms with van der Waals surface area (Å²) in [7, 11) is 0. The fourth-order valence-electron chi connectivity index (χ4n) is 9.72. The van der Waals surface area contributed by atoms with Crippen LogP contribution in [0.2, 0.25) is 0 Å². The zero-order valence-corrected chi connectivity index (χ0v) is 26.4. The lowest BCUT2D eigenvalue weighted by atomic mass is 9.32. The Kier molecular flexibility index (Phi) is 4.24. The second-order valence-corrected chi connectivity index (χ2v) is 14.6. The van der Waals surface area contributed by atoms with E-state index in [9.17, 15) is 0 Å². The quantitative estimate of drug-likeness (QED) is 0.190. The normalized spacial score (nSPS) is 14.2. The van der Waals surface area contributed by atoms with Crippen LogP contribution in [0.15, 0.2) is 143 Å². The van der Waals surface area contributed by atoms with E-state index in [1.165, 1.54) is 97.6 Å². The number of ether oxygens (including phenoxy) is 1. The Labute approximate surface area is 280 Å². The second-order valence-electron chi connectivity index (χ2n) is 13.5. The van der Waals surface area contributed by atoms with Gasteiger partial charge in [0.15, 0.2) is 0 Å². The molecule has 0 aliphatic carbocycles. The molecule has 0 N–H and O–H groups in total. The van der Waals surface area contributed by atoms with Crippen molar-refractivity contribution in [1.82, 2.24) is 9.13 Å². The lowest BCUT2D eigenvalue weighted by Crippen LogP contribution is -2.63. The average Bonchev–Trinajstić information content (AvgIpc) is 3.66. The maximum Gasteiger partial charge on any atom is 0.256 e. The zero-order chi connectivity index (χ0) is 30.8. The number of nitrogens with zero attached hydrogens (tertiary/aromatic N) is 2. The number of para-hydroxylation sites is 5. The second kappa shape index (κ2) is 8.28. The van der Waals surface area contributed by atoms with Crippen LogP contribution in [0.4, 0.5) is 0 Å². The minimum Gasteiger partial charge on any atom is -0.456 e. The van der Waals surface area contributed by atoms with Crippen molar-refractivity contribution in [2.75, 3.05) is 0 Å². The maximum absolute atomic E-state index is 7.30. The van der Waals surface area contributed by atoms with Crippen LogP contribution < -0.4 is 37.5 Å². The van der Waals surface area contributed by atoms with Crippen LogP contribution >= 0.6 is 11.8 Å². The number of rotatable bonds is 0. The van der Waals surface area contributed by atoms with Crippen molar-refractivity contribution in [3.05, 3.63) is 133 Å². The molecule has 7 aromatic carbocycles. The van der Waals surface area contributed by atoms with Gasteiger partial charge in [-0.3, -0.25) is 0 Å². The van der Waals surface area contributed by atoms with Crippen LogP contribution in [0, 0.1) is 0 Å². The van der Waals surface area contributed by atoms with Gasteiger partial charge in [0.25, 0.3) is 6.71 Å². The predicted molar refractivity (Wildman–Crippen MR) is 202 cm³/mol. The molecule has 9 aromatic rings. The molecule has 0 radical (unpaired) electrons. The van der Waals surface area contributed by atoms with E-state index in [1.807, 2.05) is 11.8 Å². The summed E-state index contributed by atoms with van der Waals surface area (Å²) in [6.07, 6.45) is 0. The molecule has 6 heterocycles. The standard InChI is InChI=1S/C42H22B2N2OS/c1-5-19-31-23(11-1)25-13-10-18-30-37(25)45(31)39-36-42(48-34-22-8-4-16-28(34)44(30)36)40-35-41(39)47-33-21-7-3-15-27(33)43(35)29-17-9-14-26-24-12-2-6-20-32(24)46(40)38(26)29/h1-22H. The van der Waals surface area contributed by atoms with Crippen molar-refractivity contribution in [3.8, 4) is 22.9 Å². The van der Waals surface area contributed by atoms with E-state index >= 15 is 0 Å². The fourth-order valence-corrected chi connectivity index (χ4v) is 11.0. The van der Waals surface area contributed by atoms with Gasteiger partial charge >= 0.3 is 0 Å². The van der Waals surface area contributed by atoms with Crippen molar-refractivity contribution < 1.29 is 4.74 Å². The number of fused-ring (bicyclic) bond motifs is 16. The Hall–Kier alpha value is -5.58. The molecule has 2 aromatic heterocycles. The van der Waals surface area contributed by atoms with E-state index in [-0.39, 0.29) is 13.4 Å². The van der Waals surface area contributed by atoms with Crippen LogP contribution in [-0.2, 0) is 0 Å². The van der Waals surface area contributed by atoms with Gasteiger partial charge < -0.3 is 13.9 Å². The van der Waals surface area contributed by atoms with Crippen molar-refractivity contribution in [2.45, 2.75) is 9.79 Å². The van der Waals surface area contributed by atoms with Gasteiger partial charge in [0.2, 0.25) is 6.71 Å². The zero-order valence-electron chi connectivity index (χ0n) is 25.6. The molecular weight excluding hydrogens is 602 g/mol. The number of hydrogen-bond donors (Lipinski definition) is 0. The third-order valence-corrected chi connectivity index (χ3v) is 12.6. The largest absolute Gasteiger partial charge is 0.456 e. The first-order chi connectivity index (χ1) is 23.9. The van der Waals surface area contributed by atoms with Crippen LogP contribution in [0.25, 0.3) is 55.0 Å². The van der Waals surface area contributed by atoms with E-state index in [0.717, 1.165) is 11.5 Å². The summed E-state index contributed by atoms with van der Waals surface area (Å²) >= 11 is 1.94. The van der Waals surface area contributed by atoms with Gasteiger partial charge in [-0.2, -0.15) is 0 Å². The minimum absolute atomic E-state index is 0.0488. The average molecular weight is 624 g/mol. The highest BCUT2D eigenvalue weighted by molar-refractivity contribution is 8.00. The third-order valence-electron chi connectivity index (χ3n) is 11.4. The van der Waals surface area contributed by atoms with Crippen molar-refractivity contribution in [2.24, 2.45) is 0 Å². The molecule has 13 rings (SSSR count). The molecule has 0 atom stereocenters. The van der Waals surface area contributed by atoms with E-state index in [2.05, 4.69) is 143 Å². The van der Waals surface area contributed by atoms with Gasteiger partial charge in [0.05, 0.1) is 22.4 Å². The molecule has 0 saturated heterocycles. The molecule has 218 valence electrons. The summed E-state index contributed by atoms with van der Waals surface area (Å²) in [5.41, 5.74) is 15.5. The van der Waals surface area contributed by atoms with E-state index < -0.39 is 0 Å². The van der Waals surface area contributed by atoms with Gasteiger partial charge in [0, 0.05) is 47.8 Å². The predicted octanol–water partition coefficient (Wildman–Crippen LogP) is 6.11. The first-order valence-electron chi connectivity index (χ1n) is 16.7. The fraction of sp³-hybridized carbons (Fsp3) is 0. The van der Waals surface area contributed by atoms with Gasteiger partial charge in [-0.15, -0.1) is 0 Å². The van der Waals surface area contributed by atoms with Crippen LogP contribution in [0.3, 0.4) is 0 Å². The Morgan fingerprint density at radius 2 is 1.00 bits per heavy atom. The lowest BCUT2D eigenvalue weighted by molar-refractivity contribution is 0.485. The Morgan fingerprint density at radius 3 is 1.73 bits per heavy atom. The lowest BCUT2D eigenvalue weighted by Gasteiger charge is -2.41. The van der Waals surface area contributed by atoms with Gasteiger partial charge in [-0.1, -0.05) is 126 Å². The van der Waals surface area contributed by atoms with Gasteiger partial charge in [-0.25, -0.2) is 0 Å². The monoisotopic (exact) mass is 624 g/mol. The molecule has 3 nitrogen and oxygen atoms in total. The topological polar surface area (TPSA) is 19.1 Å². The summed E-state index contributed by atoms with van der Waals surface area (Å²) in [4.78, 5) is 2.68. The number of hydrogen-bond acceptors (Lipinski definition) is 2. The summed E-state index contributed by atoms with van der Waals surface area (Å²) in [6, 6.07) is 49.5. The van der Waals surface area contributed by atoms with Crippen LogP contribution in [0.1, 0.15) is 0 Å². The summed E-state index contributed by atoms with van der Waals surface area (Å²) < 4.78 is 12.4. The smallest absolute Gasteiger partial charge is 0.256 e. The molecule has 4 aliphatic rings. The van der Waals surface area contributed by atoms with Gasteiger partial charge in [0.1, 0.15) is 11.5 Å². The molecule has 48 heavy (non-hydrogen) atoms. The van der Waals surface area contributed by atoms with Gasteiger partial charge in [-0.05, 0) is 46.1 Å². The minimum atomic E-state index is 0.0488. The highest BCUT2D eigenvalue weighted by Crippen LogP contribution is 2.48. The molecule has 0 spiro atoms. The van der Waals surface area contributed by atoms with E-state index in [4.69, 9.17) is 4.74 Å². The van der Waals surface area contributed by atoms with E-state index in [1.54, 1.807) is 0 Å². The Bertz CT molecular complexity index is 2790. The molecule has 0 bridgehead atoms. The molecular formula is C42H22B2N2OS. The molecule has 0 amide bonds. The molecule has 0 fully saturated rings. The van der Waals surface area contributed by atoms with Crippen molar-refractivity contribution in [1.29, 1.82) is 0 Å². The van der Waals surface area contributed by atoms with E-state index in [0.29, 0.717) is 0 Å². The van der Waals surface area contributed by atoms with Crippen molar-refractivity contribution >= 4 is 102 Å². The highest BCUT2D eigenvalue weighted by Gasteiger charge is 2.49. The highest BCUT2D eigenvalue weighted by atomic mass is 32.2. The van der Waals surface area contributed by atoms with Crippen molar-refractivity contribution in [3.63, 3.8) is 0 Å². The first kappa shape index (κ1) is 24.6. The molecule has 6 heteroatoms. The first-order valence-corrected chi connectivity index (χ1v) is 17.5. The molecule has 0 unspecified atom stereocenters. The maximum atomic E-state index is 7.30. The van der Waals surface area contributed by atoms with Crippen LogP contribution in [0.5, 0.6) is 11.5 Å². The summed E-state index contributed by atoms with van der Waals surface area (Å²) in [6.45, 7) is 0.135. The molecule has 4 aliphatic heterocycles. The Morgan fingerprint density at radius 1 is 0.458 bits per heavy atom. The Balaban J connectivity index is 1.33. The number of benzene rings is 7.